The van der Waals surface area contributed by atoms with Crippen molar-refractivity contribution < 1.29 is 0 Å². The highest BCUT2D eigenvalue weighted by molar-refractivity contribution is 5.01. The molecule has 0 amide bonds. The van der Waals surface area contributed by atoms with Crippen LogP contribution in [0.4, 0.5) is 0 Å². The number of hydrogen-bond donors (Lipinski definition) is 2. The first-order valence-electron chi connectivity index (χ1n) is 6.86. The van der Waals surface area contributed by atoms with Crippen molar-refractivity contribution in [2.24, 2.45) is 17.6 Å². The lowest BCUT2D eigenvalue weighted by Gasteiger charge is -2.42. The van der Waals surface area contributed by atoms with E-state index in [1.54, 1.807) is 0 Å². The van der Waals surface area contributed by atoms with Crippen molar-refractivity contribution in [2.45, 2.75) is 69.5 Å². The first kappa shape index (κ1) is 10.1. The summed E-state index contributed by atoms with van der Waals surface area (Å²) in [4.78, 5) is 0. The summed E-state index contributed by atoms with van der Waals surface area (Å²) in [6.45, 7) is 0. The van der Waals surface area contributed by atoms with Gasteiger partial charge in [0, 0.05) is 18.1 Å². The van der Waals surface area contributed by atoms with Crippen LogP contribution in [0, 0.1) is 11.8 Å². The van der Waals surface area contributed by atoms with Crippen molar-refractivity contribution in [1.82, 2.24) is 5.32 Å². The maximum atomic E-state index is 6.39. The lowest BCUT2D eigenvalue weighted by molar-refractivity contribution is 0.142. The van der Waals surface area contributed by atoms with E-state index < -0.39 is 0 Å². The van der Waals surface area contributed by atoms with E-state index in [0.717, 1.165) is 23.9 Å². The van der Waals surface area contributed by atoms with Crippen molar-refractivity contribution in [1.29, 1.82) is 0 Å². The molecule has 4 atom stereocenters. The molecule has 2 saturated heterocycles. The Labute approximate surface area is 93.0 Å². The minimum Gasteiger partial charge on any atom is -0.327 e. The minimum atomic E-state index is 0.492. The molecule has 3 aliphatic rings. The predicted molar refractivity (Wildman–Crippen MR) is 62.6 cm³/mol. The van der Waals surface area contributed by atoms with Crippen LogP contribution < -0.4 is 11.1 Å². The van der Waals surface area contributed by atoms with Gasteiger partial charge in [-0.3, -0.25) is 0 Å². The Balaban J connectivity index is 1.71. The molecule has 2 bridgehead atoms. The van der Waals surface area contributed by atoms with Crippen LogP contribution in [0.2, 0.25) is 0 Å². The van der Waals surface area contributed by atoms with Crippen molar-refractivity contribution >= 4 is 0 Å². The Morgan fingerprint density at radius 3 is 2.53 bits per heavy atom. The second-order valence-electron chi connectivity index (χ2n) is 5.92. The van der Waals surface area contributed by atoms with E-state index in [4.69, 9.17) is 5.73 Å². The van der Waals surface area contributed by atoms with E-state index in [0.29, 0.717) is 6.04 Å². The Morgan fingerprint density at radius 2 is 1.73 bits per heavy atom. The molecule has 2 nitrogen and oxygen atoms in total. The summed E-state index contributed by atoms with van der Waals surface area (Å²) in [5.74, 6) is 1.73. The first-order valence-corrected chi connectivity index (χ1v) is 6.86. The van der Waals surface area contributed by atoms with Gasteiger partial charge in [0.05, 0.1) is 0 Å². The van der Waals surface area contributed by atoms with Gasteiger partial charge in [0.25, 0.3) is 0 Å². The molecule has 3 rings (SSSR count). The third kappa shape index (κ3) is 1.83. The van der Waals surface area contributed by atoms with Crippen LogP contribution in [0.15, 0.2) is 0 Å². The van der Waals surface area contributed by atoms with E-state index in [2.05, 4.69) is 5.32 Å². The van der Waals surface area contributed by atoms with Crippen molar-refractivity contribution in [3.8, 4) is 0 Å². The minimum absolute atomic E-state index is 0.492. The van der Waals surface area contributed by atoms with Gasteiger partial charge in [-0.05, 0) is 31.1 Å². The van der Waals surface area contributed by atoms with Crippen molar-refractivity contribution in [2.75, 3.05) is 0 Å². The lowest BCUT2D eigenvalue weighted by Crippen LogP contribution is -2.54. The second kappa shape index (κ2) is 4.06. The SMILES string of the molecule is NC1CC2CCC(N2)C1C1CCCCC1. The van der Waals surface area contributed by atoms with Gasteiger partial charge in [0.2, 0.25) is 0 Å². The van der Waals surface area contributed by atoms with Gasteiger partial charge >= 0.3 is 0 Å². The zero-order chi connectivity index (χ0) is 10.3. The number of fused-ring (bicyclic) bond motifs is 2. The summed E-state index contributed by atoms with van der Waals surface area (Å²) >= 11 is 0. The van der Waals surface area contributed by atoms with Gasteiger partial charge in [-0.1, -0.05) is 32.1 Å². The normalized spacial score (nSPS) is 47.0. The molecule has 1 saturated carbocycles. The largest absolute Gasteiger partial charge is 0.327 e. The van der Waals surface area contributed by atoms with Gasteiger partial charge in [-0.25, -0.2) is 0 Å². The van der Waals surface area contributed by atoms with E-state index in [9.17, 15) is 0 Å². The molecule has 2 aliphatic heterocycles. The number of nitrogens with one attached hydrogen (secondary N) is 1. The van der Waals surface area contributed by atoms with Gasteiger partial charge in [0.1, 0.15) is 0 Å². The van der Waals surface area contributed by atoms with E-state index in [-0.39, 0.29) is 0 Å². The third-order valence-electron chi connectivity index (χ3n) is 4.99. The average Bonchev–Trinajstić information content (AvgIpc) is 2.62. The second-order valence-corrected chi connectivity index (χ2v) is 5.92. The number of hydrogen-bond acceptors (Lipinski definition) is 2. The van der Waals surface area contributed by atoms with Gasteiger partial charge in [-0.2, -0.15) is 0 Å². The summed E-state index contributed by atoms with van der Waals surface area (Å²) in [7, 11) is 0. The maximum Gasteiger partial charge on any atom is 0.0116 e. The summed E-state index contributed by atoms with van der Waals surface area (Å²) in [5.41, 5.74) is 6.39. The predicted octanol–water partition coefficient (Wildman–Crippen LogP) is 2.03. The number of nitrogens with two attached hydrogens (primary N) is 1. The van der Waals surface area contributed by atoms with Crippen LogP contribution in [0.25, 0.3) is 0 Å². The molecule has 0 aromatic heterocycles. The van der Waals surface area contributed by atoms with E-state index in [1.165, 1.54) is 51.4 Å². The molecule has 1 aliphatic carbocycles. The molecular weight excluding hydrogens is 184 g/mol. The number of rotatable bonds is 1. The fraction of sp³-hybridized carbons (Fsp3) is 1.00. The van der Waals surface area contributed by atoms with Gasteiger partial charge in [0.15, 0.2) is 0 Å². The van der Waals surface area contributed by atoms with Gasteiger partial charge < -0.3 is 11.1 Å². The Bertz CT molecular complexity index is 223. The van der Waals surface area contributed by atoms with Crippen LogP contribution in [-0.2, 0) is 0 Å². The summed E-state index contributed by atoms with van der Waals surface area (Å²) < 4.78 is 0. The van der Waals surface area contributed by atoms with Crippen LogP contribution in [0.1, 0.15) is 51.4 Å². The fourth-order valence-corrected chi connectivity index (χ4v) is 4.32. The lowest BCUT2D eigenvalue weighted by atomic mass is 9.71. The van der Waals surface area contributed by atoms with E-state index >= 15 is 0 Å². The van der Waals surface area contributed by atoms with Crippen molar-refractivity contribution in [3.63, 3.8) is 0 Å². The molecule has 4 unspecified atom stereocenters. The highest BCUT2D eigenvalue weighted by Gasteiger charge is 2.43. The Kier molecular flexibility index (Phi) is 2.73. The quantitative estimate of drug-likeness (QED) is 0.692. The zero-order valence-electron chi connectivity index (χ0n) is 9.62. The smallest absolute Gasteiger partial charge is 0.0116 e. The molecule has 3 N–H and O–H groups in total. The molecule has 3 fully saturated rings. The highest BCUT2D eigenvalue weighted by atomic mass is 15.0. The van der Waals surface area contributed by atoms with Crippen molar-refractivity contribution in [3.05, 3.63) is 0 Å². The first-order chi connectivity index (χ1) is 7.34. The average molecular weight is 208 g/mol. The van der Waals surface area contributed by atoms with Crippen LogP contribution in [0.5, 0.6) is 0 Å². The fourth-order valence-electron chi connectivity index (χ4n) is 4.32. The van der Waals surface area contributed by atoms with E-state index in [1.807, 2.05) is 0 Å². The number of piperidine rings is 1. The molecule has 2 heteroatoms. The van der Waals surface area contributed by atoms with Crippen LogP contribution in [0.3, 0.4) is 0 Å². The van der Waals surface area contributed by atoms with Gasteiger partial charge in [-0.15, -0.1) is 0 Å². The molecule has 0 aromatic rings. The Hall–Kier alpha value is -0.0800. The molecule has 15 heavy (non-hydrogen) atoms. The van der Waals surface area contributed by atoms with Crippen LogP contribution in [-0.4, -0.2) is 18.1 Å². The summed E-state index contributed by atoms with van der Waals surface area (Å²) in [6.07, 6.45) is 11.2. The monoisotopic (exact) mass is 208 g/mol. The summed E-state index contributed by atoms with van der Waals surface area (Å²) in [5, 5.41) is 3.79. The topological polar surface area (TPSA) is 38.0 Å². The van der Waals surface area contributed by atoms with Crippen LogP contribution >= 0.6 is 0 Å². The molecule has 0 aromatic carbocycles. The molecular formula is C13H24N2. The third-order valence-corrected chi connectivity index (χ3v) is 4.99. The molecule has 86 valence electrons. The molecule has 0 radical (unpaired) electrons. The maximum absolute atomic E-state index is 6.39. The highest BCUT2D eigenvalue weighted by Crippen LogP contribution is 2.40. The summed E-state index contributed by atoms with van der Waals surface area (Å²) in [6, 6.07) is 2.01. The molecule has 2 heterocycles. The standard InChI is InChI=1S/C13H24N2/c14-11-8-10-6-7-12(15-10)13(11)9-4-2-1-3-5-9/h9-13,15H,1-8,14H2. The Morgan fingerprint density at radius 1 is 0.933 bits per heavy atom. The zero-order valence-corrected chi connectivity index (χ0v) is 9.62. The molecule has 0 spiro atoms.